The maximum Gasteiger partial charge on any atom is 0.289 e. The van der Waals surface area contributed by atoms with Crippen molar-refractivity contribution in [1.82, 2.24) is 20.2 Å². The number of aromatic nitrogens is 4. The third-order valence-electron chi connectivity index (χ3n) is 3.97. The van der Waals surface area contributed by atoms with Crippen LogP contribution in [0.2, 0.25) is 0 Å². The highest BCUT2D eigenvalue weighted by atomic mass is 127. The second-order valence-corrected chi connectivity index (χ2v) is 7.30. The Balaban J connectivity index is 1.96. The standard InChI is InChI=1S/C17H16IN7O3/c1-3-10-4-6-11(7-5-10)25-13(26)9-8-12(18)19-14(16(25)28)15(27)20-17-21-22-23-24(17)2/h3-7,12H,1,8-9H2,2H3,(H,20,21,23,27)/b19-14-. The predicted octanol–water partition coefficient (Wildman–Crippen LogP) is 1.35. The van der Waals surface area contributed by atoms with Crippen LogP contribution in [0.3, 0.4) is 0 Å². The maximum atomic E-state index is 13.1. The van der Waals surface area contributed by atoms with Gasteiger partial charge in [-0.05, 0) is 34.5 Å². The Morgan fingerprint density at radius 3 is 2.64 bits per heavy atom. The lowest BCUT2D eigenvalue weighted by Gasteiger charge is -2.24. The number of benzene rings is 1. The Bertz CT molecular complexity index is 967. The summed E-state index contributed by atoms with van der Waals surface area (Å²) in [6.07, 6.45) is 2.18. The number of nitrogens with zero attached hydrogens (tertiary/aromatic N) is 6. The van der Waals surface area contributed by atoms with Crippen molar-refractivity contribution in [2.75, 3.05) is 10.2 Å². The molecule has 0 fully saturated rings. The minimum absolute atomic E-state index is 0.0563. The summed E-state index contributed by atoms with van der Waals surface area (Å²) in [5, 5.41) is 13.1. The van der Waals surface area contributed by atoms with Gasteiger partial charge in [-0.25, -0.2) is 9.58 Å². The number of carbonyl (C=O) groups is 3. The molecule has 1 atom stereocenters. The molecule has 0 radical (unpaired) electrons. The zero-order valence-corrected chi connectivity index (χ0v) is 17.0. The highest BCUT2D eigenvalue weighted by molar-refractivity contribution is 14.1. The van der Waals surface area contributed by atoms with Crippen LogP contribution >= 0.6 is 22.6 Å². The molecule has 0 saturated heterocycles. The average Bonchev–Trinajstić information content (AvgIpc) is 3.08. The summed E-state index contributed by atoms with van der Waals surface area (Å²) in [7, 11) is 1.54. The van der Waals surface area contributed by atoms with Crippen LogP contribution < -0.4 is 10.2 Å². The van der Waals surface area contributed by atoms with E-state index in [1.807, 2.05) is 22.6 Å². The molecule has 1 aromatic carbocycles. The van der Waals surface area contributed by atoms with Gasteiger partial charge in [0, 0.05) is 13.5 Å². The monoisotopic (exact) mass is 493 g/mol. The van der Waals surface area contributed by atoms with Crippen LogP contribution in [0.15, 0.2) is 35.8 Å². The fourth-order valence-corrected chi connectivity index (χ4v) is 3.10. The normalized spacial score (nSPS) is 19.4. The first kappa shape index (κ1) is 19.8. The van der Waals surface area contributed by atoms with E-state index < -0.39 is 21.8 Å². The Hall–Kier alpha value is -2.96. The van der Waals surface area contributed by atoms with Gasteiger partial charge in [-0.15, -0.1) is 0 Å². The van der Waals surface area contributed by atoms with Crippen molar-refractivity contribution in [2.24, 2.45) is 12.0 Å². The van der Waals surface area contributed by atoms with Gasteiger partial charge < -0.3 is 0 Å². The van der Waals surface area contributed by atoms with E-state index in [2.05, 4.69) is 32.4 Å². The van der Waals surface area contributed by atoms with E-state index in [0.717, 1.165) is 10.5 Å². The first-order chi connectivity index (χ1) is 13.4. The first-order valence-electron chi connectivity index (χ1n) is 8.26. The summed E-state index contributed by atoms with van der Waals surface area (Å²) >= 11 is 1.99. The summed E-state index contributed by atoms with van der Waals surface area (Å²) in [4.78, 5) is 43.7. The van der Waals surface area contributed by atoms with Crippen molar-refractivity contribution in [1.29, 1.82) is 0 Å². The minimum Gasteiger partial charge on any atom is -0.288 e. The van der Waals surface area contributed by atoms with Gasteiger partial charge in [0.05, 0.1) is 5.69 Å². The highest BCUT2D eigenvalue weighted by Gasteiger charge is 2.34. The second-order valence-electron chi connectivity index (χ2n) is 5.86. The molecular weight excluding hydrogens is 477 g/mol. The van der Waals surface area contributed by atoms with Crippen molar-refractivity contribution in [3.8, 4) is 0 Å². The molecule has 0 bridgehead atoms. The molecule has 0 spiro atoms. The van der Waals surface area contributed by atoms with Gasteiger partial charge in [0.2, 0.25) is 11.9 Å². The van der Waals surface area contributed by atoms with Gasteiger partial charge in [0.25, 0.3) is 11.8 Å². The van der Waals surface area contributed by atoms with Gasteiger partial charge in [-0.3, -0.25) is 24.7 Å². The number of anilines is 2. The Morgan fingerprint density at radius 2 is 2.04 bits per heavy atom. The lowest BCUT2D eigenvalue weighted by Crippen LogP contribution is -2.47. The van der Waals surface area contributed by atoms with E-state index in [1.165, 1.54) is 11.7 Å². The van der Waals surface area contributed by atoms with E-state index in [1.54, 1.807) is 30.3 Å². The van der Waals surface area contributed by atoms with Crippen molar-refractivity contribution < 1.29 is 14.4 Å². The zero-order chi connectivity index (χ0) is 20.3. The van der Waals surface area contributed by atoms with Crippen LogP contribution in [-0.4, -0.2) is 47.7 Å². The molecule has 0 aliphatic carbocycles. The molecule has 2 aromatic rings. The molecule has 1 aromatic heterocycles. The van der Waals surface area contributed by atoms with E-state index in [-0.39, 0.29) is 18.1 Å². The van der Waals surface area contributed by atoms with Gasteiger partial charge >= 0.3 is 0 Å². The van der Waals surface area contributed by atoms with Crippen LogP contribution in [0.25, 0.3) is 6.08 Å². The molecule has 28 heavy (non-hydrogen) atoms. The second kappa shape index (κ2) is 8.37. The predicted molar refractivity (Wildman–Crippen MR) is 111 cm³/mol. The minimum atomic E-state index is -0.801. The quantitative estimate of drug-likeness (QED) is 0.297. The summed E-state index contributed by atoms with van der Waals surface area (Å²) < 4.78 is 0.846. The van der Waals surface area contributed by atoms with Crippen molar-refractivity contribution in [3.05, 3.63) is 36.4 Å². The first-order valence-corrected chi connectivity index (χ1v) is 9.50. The summed E-state index contributed by atoms with van der Waals surface area (Å²) in [6.45, 7) is 3.68. The average molecular weight is 493 g/mol. The summed E-state index contributed by atoms with van der Waals surface area (Å²) in [5.41, 5.74) is 0.806. The SMILES string of the molecule is C=Cc1ccc(N2C(=O)CCC(I)/N=C(/C(=O)Nc3nnnn3C)C2=O)cc1. The number of hydrogen-bond acceptors (Lipinski definition) is 7. The molecule has 3 rings (SSSR count). The van der Waals surface area contributed by atoms with Crippen molar-refractivity contribution in [2.45, 2.75) is 16.9 Å². The smallest absolute Gasteiger partial charge is 0.288 e. The molecular formula is C17H16IN7O3. The third-order valence-corrected chi connectivity index (χ3v) is 4.87. The largest absolute Gasteiger partial charge is 0.289 e. The van der Waals surface area contributed by atoms with E-state index >= 15 is 0 Å². The number of amides is 3. The molecule has 2 heterocycles. The van der Waals surface area contributed by atoms with Gasteiger partial charge in [-0.1, -0.05) is 52.5 Å². The molecule has 1 unspecified atom stereocenters. The van der Waals surface area contributed by atoms with Crippen molar-refractivity contribution >= 4 is 63.7 Å². The van der Waals surface area contributed by atoms with Crippen LogP contribution in [0.5, 0.6) is 0 Å². The Labute approximate surface area is 173 Å². The number of rotatable bonds is 4. The lowest BCUT2D eigenvalue weighted by atomic mass is 10.1. The number of aryl methyl sites for hydroxylation is 1. The Morgan fingerprint density at radius 1 is 1.32 bits per heavy atom. The molecule has 11 heteroatoms. The number of hydrogen-bond donors (Lipinski definition) is 1. The number of halogens is 1. The summed E-state index contributed by atoms with van der Waals surface area (Å²) in [5.74, 6) is -1.93. The molecule has 0 saturated carbocycles. The third kappa shape index (κ3) is 4.13. The molecule has 10 nitrogen and oxygen atoms in total. The van der Waals surface area contributed by atoms with E-state index in [4.69, 9.17) is 0 Å². The summed E-state index contributed by atoms with van der Waals surface area (Å²) in [6, 6.07) is 6.70. The van der Waals surface area contributed by atoms with Crippen LogP contribution in [0.4, 0.5) is 11.6 Å². The fraction of sp³-hybridized carbons (Fsp3) is 0.235. The number of aliphatic imine (C=N–C) groups is 1. The zero-order valence-electron chi connectivity index (χ0n) is 14.9. The van der Waals surface area contributed by atoms with Gasteiger partial charge in [-0.2, -0.15) is 0 Å². The number of carbonyl (C=O) groups excluding carboxylic acids is 3. The van der Waals surface area contributed by atoms with Crippen LogP contribution in [-0.2, 0) is 21.4 Å². The van der Waals surface area contributed by atoms with Gasteiger partial charge in [0.15, 0.2) is 5.71 Å². The molecule has 1 aliphatic heterocycles. The molecule has 1 aliphatic rings. The Kier molecular flexibility index (Phi) is 5.92. The van der Waals surface area contributed by atoms with Crippen LogP contribution in [0, 0.1) is 0 Å². The molecule has 1 N–H and O–H groups in total. The maximum absolute atomic E-state index is 13.1. The molecule has 144 valence electrons. The van der Waals surface area contributed by atoms with Gasteiger partial charge in [0.1, 0.15) is 4.05 Å². The number of tetrazole rings is 1. The lowest BCUT2D eigenvalue weighted by molar-refractivity contribution is -0.124. The van der Waals surface area contributed by atoms with E-state index in [0.29, 0.717) is 12.1 Å². The number of alkyl halides is 1. The topological polar surface area (TPSA) is 122 Å². The molecule has 3 amide bonds. The highest BCUT2D eigenvalue weighted by Crippen LogP contribution is 2.22. The fourth-order valence-electron chi connectivity index (χ4n) is 2.51. The van der Waals surface area contributed by atoms with Crippen molar-refractivity contribution in [3.63, 3.8) is 0 Å². The van der Waals surface area contributed by atoms with Crippen LogP contribution in [0.1, 0.15) is 18.4 Å². The number of nitrogens with one attached hydrogen (secondary N) is 1. The van der Waals surface area contributed by atoms with E-state index in [9.17, 15) is 14.4 Å². The number of imide groups is 1.